The summed E-state index contributed by atoms with van der Waals surface area (Å²) in [5, 5.41) is 2.75. The van der Waals surface area contributed by atoms with Gasteiger partial charge in [-0.1, -0.05) is 36.4 Å². The first-order valence-corrected chi connectivity index (χ1v) is 8.93. The number of carbonyl (C=O) groups excluding carboxylic acids is 1. The molecular weight excluding hydrogens is 326 g/mol. The lowest BCUT2D eigenvalue weighted by molar-refractivity contribution is -0.105. The minimum Gasteiger partial charge on any atom is -0.340 e. The van der Waals surface area contributed by atoms with Gasteiger partial charge in [0.15, 0.2) is 0 Å². The maximum atomic E-state index is 10.8. The number of carbonyl (C=O) groups is 1. The molecule has 3 aromatic rings. The van der Waals surface area contributed by atoms with Crippen LogP contribution in [-0.4, -0.2) is 47.0 Å². The summed E-state index contributed by atoms with van der Waals surface area (Å²) in [6, 6.07) is 16.5. The number of nitrogens with zero attached hydrogens (tertiary/aromatic N) is 4. The summed E-state index contributed by atoms with van der Waals surface area (Å²) in [6.45, 7) is 4.90. The van der Waals surface area contributed by atoms with Crippen LogP contribution in [0.1, 0.15) is 5.56 Å². The van der Waals surface area contributed by atoms with Gasteiger partial charge in [0.25, 0.3) is 0 Å². The fourth-order valence-corrected chi connectivity index (χ4v) is 3.61. The Morgan fingerprint density at radius 3 is 2.54 bits per heavy atom. The van der Waals surface area contributed by atoms with Gasteiger partial charge >= 0.3 is 0 Å². The van der Waals surface area contributed by atoms with Crippen molar-refractivity contribution in [1.82, 2.24) is 14.5 Å². The molecule has 0 bridgehead atoms. The maximum absolute atomic E-state index is 10.8. The van der Waals surface area contributed by atoms with Crippen molar-refractivity contribution in [1.29, 1.82) is 0 Å². The van der Waals surface area contributed by atoms with Gasteiger partial charge in [0.05, 0.1) is 11.2 Å². The van der Waals surface area contributed by atoms with Gasteiger partial charge in [-0.05, 0) is 17.7 Å². The molecule has 0 atom stereocenters. The van der Waals surface area contributed by atoms with E-state index in [1.54, 1.807) is 0 Å². The molecule has 1 aromatic heterocycles. The van der Waals surface area contributed by atoms with Crippen LogP contribution in [0.15, 0.2) is 48.5 Å². The molecule has 0 unspecified atom stereocenters. The van der Waals surface area contributed by atoms with Gasteiger partial charge in [0, 0.05) is 39.8 Å². The first kappa shape index (κ1) is 16.6. The molecule has 6 heteroatoms. The van der Waals surface area contributed by atoms with Crippen LogP contribution in [0.2, 0.25) is 0 Å². The first-order chi connectivity index (χ1) is 12.8. The average molecular weight is 349 g/mol. The number of aryl methyl sites for hydroxylation is 1. The van der Waals surface area contributed by atoms with Crippen LogP contribution in [0.4, 0.5) is 11.6 Å². The molecule has 0 saturated carbocycles. The third-order valence-electron chi connectivity index (χ3n) is 5.01. The largest absolute Gasteiger partial charge is 0.340 e. The Morgan fingerprint density at radius 2 is 1.81 bits per heavy atom. The number of benzene rings is 2. The predicted molar refractivity (Wildman–Crippen MR) is 104 cm³/mol. The second-order valence-electron chi connectivity index (χ2n) is 6.66. The lowest BCUT2D eigenvalue weighted by Gasteiger charge is -2.35. The van der Waals surface area contributed by atoms with Crippen molar-refractivity contribution in [2.24, 2.45) is 7.05 Å². The number of anilines is 2. The lowest BCUT2D eigenvalue weighted by atomic mass is 10.2. The van der Waals surface area contributed by atoms with E-state index in [1.165, 1.54) is 5.56 Å². The lowest BCUT2D eigenvalue weighted by Crippen LogP contribution is -2.46. The maximum Gasteiger partial charge on any atom is 0.211 e. The highest BCUT2D eigenvalue weighted by atomic mass is 16.1. The molecule has 6 nitrogen and oxygen atoms in total. The zero-order chi connectivity index (χ0) is 17.9. The fraction of sp³-hybridized carbons (Fsp3) is 0.300. The molecule has 4 rings (SSSR count). The second-order valence-corrected chi connectivity index (χ2v) is 6.66. The van der Waals surface area contributed by atoms with E-state index in [-0.39, 0.29) is 0 Å². The number of aromatic nitrogens is 2. The molecule has 1 saturated heterocycles. The fourth-order valence-electron chi connectivity index (χ4n) is 3.61. The van der Waals surface area contributed by atoms with E-state index in [4.69, 9.17) is 4.98 Å². The van der Waals surface area contributed by atoms with Crippen molar-refractivity contribution in [3.05, 3.63) is 54.1 Å². The van der Waals surface area contributed by atoms with Gasteiger partial charge in [-0.25, -0.2) is 4.98 Å². The minimum atomic E-state index is 0.700. The van der Waals surface area contributed by atoms with Gasteiger partial charge in [0.2, 0.25) is 12.4 Å². The molecule has 1 amide bonds. The van der Waals surface area contributed by atoms with E-state index in [0.717, 1.165) is 55.4 Å². The Labute approximate surface area is 153 Å². The SMILES string of the molecule is Cn1c(N2CCN(Cc3ccccc3)CC2)nc2c(NC=O)cccc21. The van der Waals surface area contributed by atoms with E-state index in [2.05, 4.69) is 50.0 Å². The number of nitrogens with one attached hydrogen (secondary N) is 1. The summed E-state index contributed by atoms with van der Waals surface area (Å²) in [5.74, 6) is 0.958. The van der Waals surface area contributed by atoms with E-state index >= 15 is 0 Å². The Kier molecular flexibility index (Phi) is 4.58. The summed E-state index contributed by atoms with van der Waals surface area (Å²) in [7, 11) is 2.03. The van der Waals surface area contributed by atoms with E-state index in [1.807, 2.05) is 25.2 Å². The summed E-state index contributed by atoms with van der Waals surface area (Å²) >= 11 is 0. The normalized spacial score (nSPS) is 15.3. The van der Waals surface area contributed by atoms with Gasteiger partial charge in [-0.2, -0.15) is 0 Å². The van der Waals surface area contributed by atoms with Crippen molar-refractivity contribution in [2.75, 3.05) is 36.4 Å². The van der Waals surface area contributed by atoms with Gasteiger partial charge < -0.3 is 14.8 Å². The molecule has 1 aliphatic heterocycles. The standard InChI is InChI=1S/C20H23N5O/c1-23-18-9-5-8-17(21-15-26)19(18)22-20(23)25-12-10-24(11-13-25)14-16-6-3-2-4-7-16/h2-9,15H,10-14H2,1H3,(H,21,26). The van der Waals surface area contributed by atoms with E-state index in [0.29, 0.717) is 6.41 Å². The number of para-hydroxylation sites is 1. The van der Waals surface area contributed by atoms with Crippen molar-refractivity contribution in [2.45, 2.75) is 6.54 Å². The summed E-state index contributed by atoms with van der Waals surface area (Å²) < 4.78 is 2.11. The molecule has 134 valence electrons. The number of fused-ring (bicyclic) bond motifs is 1. The van der Waals surface area contributed by atoms with Crippen LogP contribution in [-0.2, 0) is 18.4 Å². The van der Waals surface area contributed by atoms with Crippen molar-refractivity contribution < 1.29 is 4.79 Å². The molecular formula is C20H23N5O. The van der Waals surface area contributed by atoms with Crippen LogP contribution in [0.25, 0.3) is 11.0 Å². The Bertz CT molecular complexity index is 897. The quantitative estimate of drug-likeness (QED) is 0.719. The highest BCUT2D eigenvalue weighted by Crippen LogP contribution is 2.27. The predicted octanol–water partition coefficient (Wildman–Crippen LogP) is 2.46. The average Bonchev–Trinajstić information content (AvgIpc) is 3.02. The Balaban J connectivity index is 1.50. The number of piperazine rings is 1. The van der Waals surface area contributed by atoms with Gasteiger partial charge in [-0.3, -0.25) is 9.69 Å². The molecule has 1 N–H and O–H groups in total. The van der Waals surface area contributed by atoms with Gasteiger partial charge in [0.1, 0.15) is 5.52 Å². The summed E-state index contributed by atoms with van der Waals surface area (Å²) in [5.41, 5.74) is 3.97. The third-order valence-corrected chi connectivity index (χ3v) is 5.01. The van der Waals surface area contributed by atoms with Crippen LogP contribution in [0.3, 0.4) is 0 Å². The van der Waals surface area contributed by atoms with Crippen LogP contribution in [0, 0.1) is 0 Å². The van der Waals surface area contributed by atoms with Crippen LogP contribution >= 0.6 is 0 Å². The van der Waals surface area contributed by atoms with Crippen LogP contribution in [0.5, 0.6) is 0 Å². The highest BCUT2D eigenvalue weighted by Gasteiger charge is 2.22. The smallest absolute Gasteiger partial charge is 0.211 e. The number of rotatable bonds is 5. The molecule has 1 aliphatic rings. The molecule has 0 aliphatic carbocycles. The first-order valence-electron chi connectivity index (χ1n) is 8.93. The highest BCUT2D eigenvalue weighted by molar-refractivity contribution is 5.94. The second kappa shape index (κ2) is 7.17. The van der Waals surface area contributed by atoms with E-state index < -0.39 is 0 Å². The van der Waals surface area contributed by atoms with Crippen molar-refractivity contribution in [3.63, 3.8) is 0 Å². The van der Waals surface area contributed by atoms with E-state index in [9.17, 15) is 4.79 Å². The zero-order valence-electron chi connectivity index (χ0n) is 14.9. The molecule has 26 heavy (non-hydrogen) atoms. The molecule has 0 spiro atoms. The molecule has 2 heterocycles. The Morgan fingerprint density at radius 1 is 1.04 bits per heavy atom. The third kappa shape index (κ3) is 3.15. The monoisotopic (exact) mass is 349 g/mol. The topological polar surface area (TPSA) is 53.4 Å². The number of hydrogen-bond donors (Lipinski definition) is 1. The van der Waals surface area contributed by atoms with Crippen molar-refractivity contribution in [3.8, 4) is 0 Å². The van der Waals surface area contributed by atoms with Crippen LogP contribution < -0.4 is 10.2 Å². The molecule has 2 aromatic carbocycles. The number of hydrogen-bond acceptors (Lipinski definition) is 4. The summed E-state index contributed by atoms with van der Waals surface area (Å²) in [4.78, 5) is 20.5. The molecule has 0 radical (unpaired) electrons. The summed E-state index contributed by atoms with van der Waals surface area (Å²) in [6.07, 6.45) is 0.700. The molecule has 1 fully saturated rings. The zero-order valence-corrected chi connectivity index (χ0v) is 14.9. The number of imidazole rings is 1. The van der Waals surface area contributed by atoms with Crippen molar-refractivity contribution >= 4 is 29.1 Å². The number of amides is 1. The van der Waals surface area contributed by atoms with Gasteiger partial charge in [-0.15, -0.1) is 0 Å². The Hall–Kier alpha value is -2.86. The minimum absolute atomic E-state index is 0.700.